The van der Waals surface area contributed by atoms with Crippen LogP contribution >= 0.6 is 0 Å². The molecule has 3 nitrogen and oxygen atoms in total. The molecule has 0 aromatic carbocycles. The molecule has 1 saturated heterocycles. The maximum atomic E-state index is 13.2. The lowest BCUT2D eigenvalue weighted by Crippen LogP contribution is -2.55. The second kappa shape index (κ2) is 6.31. The third-order valence-corrected chi connectivity index (χ3v) is 8.71. The van der Waals surface area contributed by atoms with Crippen molar-refractivity contribution < 1.29 is 9.53 Å². The van der Waals surface area contributed by atoms with Gasteiger partial charge >= 0.3 is 0 Å². The smallest absolute Gasteiger partial charge is 0.140 e. The van der Waals surface area contributed by atoms with Gasteiger partial charge in [-0.3, -0.25) is 9.69 Å². The number of hydrogen-bond donors (Lipinski definition) is 0. The lowest BCUT2D eigenvalue weighted by molar-refractivity contribution is -0.136. The summed E-state index contributed by atoms with van der Waals surface area (Å²) in [5.41, 5.74) is 1.90. The average Bonchev–Trinajstić information content (AvgIpc) is 2.99. The van der Waals surface area contributed by atoms with E-state index in [0.717, 1.165) is 63.9 Å². The molecule has 2 saturated carbocycles. The summed E-state index contributed by atoms with van der Waals surface area (Å²) < 4.78 is 5.54. The maximum Gasteiger partial charge on any atom is 0.140 e. The highest BCUT2D eigenvalue weighted by Gasteiger charge is 2.60. The Labute approximate surface area is 157 Å². The highest BCUT2D eigenvalue weighted by atomic mass is 16.5. The molecule has 0 bridgehead atoms. The largest absolute Gasteiger partial charge is 0.379 e. The van der Waals surface area contributed by atoms with Crippen LogP contribution in [-0.2, 0) is 9.53 Å². The van der Waals surface area contributed by atoms with Gasteiger partial charge < -0.3 is 4.74 Å². The van der Waals surface area contributed by atoms with Crippen LogP contribution in [-0.4, -0.2) is 43.5 Å². The average molecular weight is 356 g/mol. The number of fused-ring (bicyclic) bond motifs is 5. The molecule has 0 aromatic heterocycles. The van der Waals surface area contributed by atoms with Crippen molar-refractivity contribution in [1.82, 2.24) is 4.90 Å². The lowest BCUT2D eigenvalue weighted by Gasteiger charge is -2.56. The molecule has 4 aliphatic carbocycles. The van der Waals surface area contributed by atoms with Gasteiger partial charge in [-0.1, -0.05) is 25.2 Å². The van der Waals surface area contributed by atoms with Gasteiger partial charge in [-0.15, -0.1) is 0 Å². The molecule has 0 N–H and O–H groups in total. The molecule has 1 heterocycles. The Morgan fingerprint density at radius 2 is 2.04 bits per heavy atom. The van der Waals surface area contributed by atoms with Gasteiger partial charge in [0.05, 0.1) is 13.2 Å². The number of carbonyl (C=O) groups excluding carboxylic acids is 1. The molecule has 1 aliphatic heterocycles. The van der Waals surface area contributed by atoms with Crippen molar-refractivity contribution >= 4 is 5.78 Å². The van der Waals surface area contributed by atoms with Crippen molar-refractivity contribution in [1.29, 1.82) is 0 Å². The fraction of sp³-hybridized carbons (Fsp3) is 0.783. The molecule has 5 rings (SSSR count). The van der Waals surface area contributed by atoms with Crippen molar-refractivity contribution in [2.45, 2.75) is 51.9 Å². The summed E-state index contributed by atoms with van der Waals surface area (Å²) in [5, 5.41) is 0. The number of rotatable bonds is 2. The highest BCUT2D eigenvalue weighted by molar-refractivity contribution is 5.88. The summed E-state index contributed by atoms with van der Waals surface area (Å²) >= 11 is 0. The van der Waals surface area contributed by atoms with Gasteiger partial charge in [0.1, 0.15) is 5.78 Å². The summed E-state index contributed by atoms with van der Waals surface area (Å²) in [4.78, 5) is 15.7. The molecule has 0 amide bonds. The fourth-order valence-corrected chi connectivity index (χ4v) is 7.33. The van der Waals surface area contributed by atoms with Gasteiger partial charge in [0.15, 0.2) is 0 Å². The summed E-state index contributed by atoms with van der Waals surface area (Å²) in [6, 6.07) is 0. The van der Waals surface area contributed by atoms with Crippen LogP contribution in [0.1, 0.15) is 51.9 Å². The highest BCUT2D eigenvalue weighted by Crippen LogP contribution is 2.63. The van der Waals surface area contributed by atoms with Crippen molar-refractivity contribution in [2.75, 3.05) is 32.8 Å². The van der Waals surface area contributed by atoms with Crippen LogP contribution in [0, 0.1) is 28.6 Å². The fourth-order valence-electron chi connectivity index (χ4n) is 7.33. The Hall–Kier alpha value is -0.930. The number of carbonyl (C=O) groups is 1. The summed E-state index contributed by atoms with van der Waals surface area (Å²) in [5.74, 6) is 2.69. The molecule has 5 aliphatic rings. The van der Waals surface area contributed by atoms with Crippen LogP contribution in [0.3, 0.4) is 0 Å². The number of allylic oxidation sites excluding steroid dienone is 4. The molecule has 142 valence electrons. The van der Waals surface area contributed by atoms with E-state index in [2.05, 4.69) is 30.1 Å². The third-order valence-electron chi connectivity index (χ3n) is 8.71. The van der Waals surface area contributed by atoms with E-state index in [0.29, 0.717) is 17.1 Å². The minimum atomic E-state index is -0.0509. The van der Waals surface area contributed by atoms with Gasteiger partial charge in [-0.25, -0.2) is 0 Å². The third kappa shape index (κ3) is 2.43. The summed E-state index contributed by atoms with van der Waals surface area (Å²) in [6.45, 7) is 7.18. The first-order valence-corrected chi connectivity index (χ1v) is 10.8. The van der Waals surface area contributed by atoms with E-state index >= 15 is 0 Å². The molecule has 26 heavy (non-hydrogen) atoms. The van der Waals surface area contributed by atoms with Crippen molar-refractivity contribution in [2.24, 2.45) is 28.6 Å². The van der Waals surface area contributed by atoms with Gasteiger partial charge in [0, 0.05) is 31.5 Å². The Morgan fingerprint density at radius 3 is 2.88 bits per heavy atom. The second-order valence-corrected chi connectivity index (χ2v) is 9.68. The van der Waals surface area contributed by atoms with Gasteiger partial charge in [0.25, 0.3) is 0 Å². The van der Waals surface area contributed by atoms with E-state index in [1.54, 1.807) is 5.57 Å². The zero-order valence-corrected chi connectivity index (χ0v) is 16.2. The van der Waals surface area contributed by atoms with Gasteiger partial charge in [0.2, 0.25) is 0 Å². The van der Waals surface area contributed by atoms with E-state index in [4.69, 9.17) is 4.74 Å². The molecule has 0 radical (unpaired) electrons. The van der Waals surface area contributed by atoms with Crippen molar-refractivity contribution in [3.63, 3.8) is 0 Å². The van der Waals surface area contributed by atoms with Crippen molar-refractivity contribution in [3.05, 3.63) is 23.8 Å². The number of nitrogens with zero attached hydrogens (tertiary/aromatic N) is 1. The standard InChI is InChI=1S/C23H33NO2/c1-22-10-3-2-4-17(22)5-6-18-19(22)9-11-23(20(18)7-8-21(23)25)16-24-12-14-26-15-13-24/h2,4-5,18-20H,3,6-16H2,1H3/t18-,19+,20+,22+,23-/m1/s1. The summed E-state index contributed by atoms with van der Waals surface area (Å²) in [7, 11) is 0. The molecule has 0 aromatic rings. The normalized spacial score (nSPS) is 45.7. The summed E-state index contributed by atoms with van der Waals surface area (Å²) in [6.07, 6.45) is 15.3. The van der Waals surface area contributed by atoms with Crippen LogP contribution in [0.15, 0.2) is 23.8 Å². The van der Waals surface area contributed by atoms with Gasteiger partial charge in [-0.2, -0.15) is 0 Å². The van der Waals surface area contributed by atoms with Crippen LogP contribution in [0.25, 0.3) is 0 Å². The Morgan fingerprint density at radius 1 is 1.19 bits per heavy atom. The number of hydrogen-bond acceptors (Lipinski definition) is 3. The Kier molecular flexibility index (Phi) is 4.17. The molecular formula is C23H33NO2. The first-order chi connectivity index (χ1) is 12.6. The molecule has 3 fully saturated rings. The molecule has 3 heteroatoms. The Bertz CT molecular complexity index is 647. The maximum absolute atomic E-state index is 13.2. The predicted molar refractivity (Wildman–Crippen MR) is 103 cm³/mol. The molecule has 5 atom stereocenters. The first kappa shape index (κ1) is 17.2. The number of ether oxygens (including phenoxy) is 1. The monoisotopic (exact) mass is 355 g/mol. The zero-order chi connectivity index (χ0) is 17.8. The number of morpholine rings is 1. The van der Waals surface area contributed by atoms with E-state index in [1.165, 1.54) is 25.7 Å². The van der Waals surface area contributed by atoms with E-state index in [-0.39, 0.29) is 5.41 Å². The van der Waals surface area contributed by atoms with Crippen LogP contribution < -0.4 is 0 Å². The molecule has 0 unspecified atom stereocenters. The topological polar surface area (TPSA) is 29.5 Å². The van der Waals surface area contributed by atoms with Crippen molar-refractivity contribution in [3.8, 4) is 0 Å². The molecule has 0 spiro atoms. The minimum Gasteiger partial charge on any atom is -0.379 e. The van der Waals surface area contributed by atoms with Crippen LogP contribution in [0.5, 0.6) is 0 Å². The van der Waals surface area contributed by atoms with Gasteiger partial charge in [-0.05, 0) is 67.3 Å². The SMILES string of the molecule is C[C@]12CCC=CC1=CC[C@H]1[C@@H]3CCC(=O)[C@@]3(CN3CCOCC3)CC[C@@H]12. The second-order valence-electron chi connectivity index (χ2n) is 9.68. The van der Waals surface area contributed by atoms with E-state index < -0.39 is 0 Å². The zero-order valence-electron chi connectivity index (χ0n) is 16.2. The van der Waals surface area contributed by atoms with Crippen LogP contribution in [0.2, 0.25) is 0 Å². The quantitative estimate of drug-likeness (QED) is 0.750. The predicted octanol–water partition coefficient (Wildman–Crippen LogP) is 4.00. The van der Waals surface area contributed by atoms with Crippen LogP contribution in [0.4, 0.5) is 0 Å². The van der Waals surface area contributed by atoms with E-state index in [1.807, 2.05) is 0 Å². The minimum absolute atomic E-state index is 0.0509. The Balaban J connectivity index is 1.45. The van der Waals surface area contributed by atoms with E-state index in [9.17, 15) is 4.79 Å². The number of Topliss-reactive ketones (excluding diaryl/α,β-unsaturated/α-hetero) is 1. The first-order valence-electron chi connectivity index (χ1n) is 10.8. The lowest BCUT2D eigenvalue weighted by atomic mass is 9.48. The number of ketones is 1. The molecular weight excluding hydrogens is 322 g/mol.